The number of aromatic nitrogens is 2. The molecule has 2 heterocycles. The minimum absolute atomic E-state index is 0.261. The van der Waals surface area contributed by atoms with E-state index >= 15 is 0 Å². The maximum absolute atomic E-state index is 12.7. The van der Waals surface area contributed by atoms with Crippen LogP contribution < -0.4 is 10.6 Å². The number of imidazole rings is 1. The van der Waals surface area contributed by atoms with E-state index in [1.165, 1.54) is 11.8 Å². The van der Waals surface area contributed by atoms with Gasteiger partial charge in [0.05, 0.1) is 18.2 Å². The van der Waals surface area contributed by atoms with Gasteiger partial charge in [-0.2, -0.15) is 0 Å². The molecule has 2 N–H and O–H groups in total. The van der Waals surface area contributed by atoms with E-state index < -0.39 is 12.0 Å². The van der Waals surface area contributed by atoms with E-state index in [9.17, 15) is 9.59 Å². The van der Waals surface area contributed by atoms with Crippen LogP contribution in [-0.2, 0) is 16.6 Å². The second kappa shape index (κ2) is 8.30. The fraction of sp³-hybridized carbons (Fsp3) is 0.316. The minimum atomic E-state index is -0.560. The number of ether oxygens (including phenoxy) is 1. The molecule has 8 heteroatoms. The summed E-state index contributed by atoms with van der Waals surface area (Å²) in [5.74, 6) is -0.0413. The van der Waals surface area contributed by atoms with Crippen molar-refractivity contribution in [2.75, 3.05) is 12.4 Å². The molecule has 0 unspecified atom stereocenters. The Balaban J connectivity index is 1.97. The normalized spacial score (nSPS) is 16.7. The topological polar surface area (TPSA) is 85.2 Å². The number of carbonyl (C=O) groups is 2. The van der Waals surface area contributed by atoms with Gasteiger partial charge in [-0.15, -0.1) is 0 Å². The molecule has 1 aliphatic rings. The fourth-order valence-corrected chi connectivity index (χ4v) is 3.72. The largest absolute Gasteiger partial charge is 0.463 e. The number of urea groups is 1. The molecule has 0 radical (unpaired) electrons. The van der Waals surface area contributed by atoms with Crippen LogP contribution >= 0.6 is 11.8 Å². The lowest BCUT2D eigenvalue weighted by atomic mass is 9.95. The summed E-state index contributed by atoms with van der Waals surface area (Å²) in [5, 5.41) is 6.40. The van der Waals surface area contributed by atoms with Gasteiger partial charge >= 0.3 is 12.0 Å². The third-order valence-electron chi connectivity index (χ3n) is 4.18. The van der Waals surface area contributed by atoms with E-state index in [2.05, 4.69) is 15.6 Å². The lowest BCUT2D eigenvalue weighted by Crippen LogP contribution is -2.46. The van der Waals surface area contributed by atoms with E-state index in [4.69, 9.17) is 4.74 Å². The summed E-state index contributed by atoms with van der Waals surface area (Å²) in [6.07, 6.45) is 3.55. The van der Waals surface area contributed by atoms with Crippen LogP contribution in [0.2, 0.25) is 0 Å². The first-order valence-electron chi connectivity index (χ1n) is 8.64. The SMILES string of the molecule is CCOC(=O)C1=C(CSc2nccn2C)NC(=O)N[C@@H]1c1ccc(C)cc1. The maximum Gasteiger partial charge on any atom is 0.338 e. The van der Waals surface area contributed by atoms with Gasteiger partial charge in [0.25, 0.3) is 0 Å². The molecule has 0 saturated heterocycles. The van der Waals surface area contributed by atoms with Gasteiger partial charge in [0.2, 0.25) is 0 Å². The van der Waals surface area contributed by atoms with Crippen molar-refractivity contribution in [3.8, 4) is 0 Å². The Morgan fingerprint density at radius 1 is 1.33 bits per heavy atom. The molecule has 2 amide bonds. The Labute approximate surface area is 162 Å². The molecule has 0 fully saturated rings. The van der Waals surface area contributed by atoms with Crippen molar-refractivity contribution in [2.45, 2.75) is 25.0 Å². The minimum Gasteiger partial charge on any atom is -0.463 e. The molecule has 0 bridgehead atoms. The molecule has 0 spiro atoms. The molecule has 2 aromatic rings. The first-order chi connectivity index (χ1) is 13.0. The Morgan fingerprint density at radius 3 is 2.70 bits per heavy atom. The molecular weight excluding hydrogens is 364 g/mol. The molecule has 1 aromatic carbocycles. The molecule has 27 heavy (non-hydrogen) atoms. The van der Waals surface area contributed by atoms with Gasteiger partial charge in [0.15, 0.2) is 5.16 Å². The number of nitrogens with zero attached hydrogens (tertiary/aromatic N) is 2. The summed E-state index contributed by atoms with van der Waals surface area (Å²) < 4.78 is 7.15. The first-order valence-corrected chi connectivity index (χ1v) is 9.62. The highest BCUT2D eigenvalue weighted by molar-refractivity contribution is 7.99. The molecule has 0 saturated carbocycles. The van der Waals surface area contributed by atoms with Gasteiger partial charge in [-0.3, -0.25) is 0 Å². The van der Waals surface area contributed by atoms with Crippen LogP contribution in [0.3, 0.4) is 0 Å². The highest BCUT2D eigenvalue weighted by Gasteiger charge is 2.33. The molecule has 1 atom stereocenters. The lowest BCUT2D eigenvalue weighted by molar-refractivity contribution is -0.139. The number of nitrogens with one attached hydrogen (secondary N) is 2. The maximum atomic E-state index is 12.7. The molecular formula is C19H22N4O3S. The Hall–Kier alpha value is -2.74. The van der Waals surface area contributed by atoms with Crippen molar-refractivity contribution in [3.05, 3.63) is 59.1 Å². The van der Waals surface area contributed by atoms with Crippen molar-refractivity contribution in [2.24, 2.45) is 7.05 Å². The van der Waals surface area contributed by atoms with Crippen LogP contribution in [0, 0.1) is 6.92 Å². The van der Waals surface area contributed by atoms with E-state index in [0.29, 0.717) is 17.0 Å². The lowest BCUT2D eigenvalue weighted by Gasteiger charge is -2.29. The number of hydrogen-bond acceptors (Lipinski definition) is 5. The highest BCUT2D eigenvalue weighted by Crippen LogP contribution is 2.30. The number of aryl methyl sites for hydroxylation is 2. The van der Waals surface area contributed by atoms with Crippen LogP contribution in [0.15, 0.2) is 53.1 Å². The van der Waals surface area contributed by atoms with Crippen molar-refractivity contribution < 1.29 is 14.3 Å². The van der Waals surface area contributed by atoms with E-state index in [1.54, 1.807) is 13.1 Å². The first kappa shape index (κ1) is 19.0. The summed E-state index contributed by atoms with van der Waals surface area (Å²) in [4.78, 5) is 29.2. The summed E-state index contributed by atoms with van der Waals surface area (Å²) in [6.45, 7) is 4.01. The third kappa shape index (κ3) is 4.33. The number of hydrogen-bond donors (Lipinski definition) is 2. The van der Waals surface area contributed by atoms with Crippen LogP contribution in [0.1, 0.15) is 24.1 Å². The predicted octanol–water partition coefficient (Wildman–Crippen LogP) is 2.69. The Kier molecular flexibility index (Phi) is 5.85. The van der Waals surface area contributed by atoms with E-state index in [-0.39, 0.29) is 12.6 Å². The number of carbonyl (C=O) groups excluding carboxylic acids is 2. The van der Waals surface area contributed by atoms with Gasteiger partial charge < -0.3 is 19.9 Å². The number of rotatable bonds is 6. The quantitative estimate of drug-likeness (QED) is 0.589. The van der Waals surface area contributed by atoms with Crippen molar-refractivity contribution >= 4 is 23.8 Å². The highest BCUT2D eigenvalue weighted by atomic mass is 32.2. The van der Waals surface area contributed by atoms with Crippen molar-refractivity contribution in [1.82, 2.24) is 20.2 Å². The van der Waals surface area contributed by atoms with Crippen LogP contribution in [0.25, 0.3) is 0 Å². The van der Waals surface area contributed by atoms with Crippen LogP contribution in [-0.4, -0.2) is 33.9 Å². The van der Waals surface area contributed by atoms with E-state index in [0.717, 1.165) is 16.3 Å². The Morgan fingerprint density at radius 2 is 2.07 bits per heavy atom. The van der Waals surface area contributed by atoms with Crippen LogP contribution in [0.4, 0.5) is 4.79 Å². The predicted molar refractivity (Wildman–Crippen MR) is 103 cm³/mol. The van der Waals surface area contributed by atoms with Gasteiger partial charge in [0.1, 0.15) is 0 Å². The second-order valence-corrected chi connectivity index (χ2v) is 7.11. The summed E-state index contributed by atoms with van der Waals surface area (Å²) >= 11 is 1.44. The Bertz CT molecular complexity index is 873. The zero-order valence-electron chi connectivity index (χ0n) is 15.5. The average Bonchev–Trinajstić information content (AvgIpc) is 3.05. The summed E-state index contributed by atoms with van der Waals surface area (Å²) in [5.41, 5.74) is 2.89. The molecule has 0 aliphatic carbocycles. The second-order valence-electron chi connectivity index (χ2n) is 6.16. The van der Waals surface area contributed by atoms with Crippen LogP contribution in [0.5, 0.6) is 0 Å². The third-order valence-corrected chi connectivity index (χ3v) is 5.27. The van der Waals surface area contributed by atoms with Gasteiger partial charge in [-0.25, -0.2) is 14.6 Å². The van der Waals surface area contributed by atoms with Gasteiger partial charge in [0, 0.05) is 30.9 Å². The van der Waals surface area contributed by atoms with Gasteiger partial charge in [-0.05, 0) is 19.4 Å². The fourth-order valence-electron chi connectivity index (χ4n) is 2.82. The number of benzene rings is 1. The summed E-state index contributed by atoms with van der Waals surface area (Å²) in [6, 6.07) is 6.82. The monoisotopic (exact) mass is 386 g/mol. The molecule has 3 rings (SSSR count). The smallest absolute Gasteiger partial charge is 0.338 e. The van der Waals surface area contributed by atoms with Crippen molar-refractivity contribution in [1.29, 1.82) is 0 Å². The number of amides is 2. The molecule has 7 nitrogen and oxygen atoms in total. The molecule has 1 aliphatic heterocycles. The molecule has 1 aromatic heterocycles. The van der Waals surface area contributed by atoms with E-state index in [1.807, 2.05) is 49.0 Å². The van der Waals surface area contributed by atoms with Crippen molar-refractivity contribution in [3.63, 3.8) is 0 Å². The zero-order chi connectivity index (χ0) is 19.4. The molecule has 142 valence electrons. The average molecular weight is 386 g/mol. The number of esters is 1. The summed E-state index contributed by atoms with van der Waals surface area (Å²) in [7, 11) is 1.89. The number of thioether (sulfide) groups is 1. The standard InChI is InChI=1S/C19H22N4O3S/c1-4-26-17(24)15-14(11-27-19-20-9-10-23(19)3)21-18(25)22-16(15)13-7-5-12(2)6-8-13/h5-10,16H,4,11H2,1-3H3,(H2,21,22,25)/t16-/m1/s1. The zero-order valence-corrected chi connectivity index (χ0v) is 16.3. The van der Waals surface area contributed by atoms with Gasteiger partial charge in [-0.1, -0.05) is 41.6 Å².